The van der Waals surface area contributed by atoms with Gasteiger partial charge in [-0.15, -0.1) is 0 Å². The van der Waals surface area contributed by atoms with Crippen LogP contribution in [0.3, 0.4) is 0 Å². The standard InChI is InChI=1S/C14H11N3O3/c18-14(19)10-3-4-13-16-6-11(17(13)8-10)9-20-12-2-1-5-15-7-12/h1-8H,9H2,(H,18,19). The third kappa shape index (κ3) is 2.31. The average molecular weight is 269 g/mol. The van der Waals surface area contributed by atoms with E-state index in [0.29, 0.717) is 11.4 Å². The van der Waals surface area contributed by atoms with Crippen LogP contribution >= 0.6 is 0 Å². The second-order valence-corrected chi connectivity index (χ2v) is 4.18. The van der Waals surface area contributed by atoms with Crippen molar-refractivity contribution in [3.63, 3.8) is 0 Å². The Balaban J connectivity index is 1.88. The van der Waals surface area contributed by atoms with Crippen LogP contribution in [0.15, 0.2) is 49.1 Å². The summed E-state index contributed by atoms with van der Waals surface area (Å²) in [6.07, 6.45) is 6.48. The Morgan fingerprint density at radius 2 is 2.20 bits per heavy atom. The maximum Gasteiger partial charge on any atom is 0.337 e. The van der Waals surface area contributed by atoms with Gasteiger partial charge in [0.25, 0.3) is 0 Å². The average Bonchev–Trinajstić information content (AvgIpc) is 2.88. The van der Waals surface area contributed by atoms with E-state index in [1.165, 1.54) is 12.3 Å². The number of pyridine rings is 2. The van der Waals surface area contributed by atoms with Crippen LogP contribution < -0.4 is 4.74 Å². The lowest BCUT2D eigenvalue weighted by molar-refractivity contribution is 0.0696. The van der Waals surface area contributed by atoms with Crippen molar-refractivity contribution in [3.05, 3.63) is 60.3 Å². The molecule has 0 atom stereocenters. The first-order chi connectivity index (χ1) is 9.74. The number of ether oxygens (including phenoxy) is 1. The fourth-order valence-corrected chi connectivity index (χ4v) is 1.85. The van der Waals surface area contributed by atoms with Crippen LogP contribution in [0.2, 0.25) is 0 Å². The van der Waals surface area contributed by atoms with E-state index in [-0.39, 0.29) is 12.2 Å². The van der Waals surface area contributed by atoms with Gasteiger partial charge in [0.2, 0.25) is 0 Å². The van der Waals surface area contributed by atoms with Gasteiger partial charge in [0.05, 0.1) is 23.7 Å². The SMILES string of the molecule is O=C(O)c1ccc2ncc(COc3cccnc3)n2c1. The predicted molar refractivity (Wildman–Crippen MR) is 70.7 cm³/mol. The second-order valence-electron chi connectivity index (χ2n) is 4.18. The van der Waals surface area contributed by atoms with Crippen molar-refractivity contribution in [1.82, 2.24) is 14.4 Å². The first-order valence-corrected chi connectivity index (χ1v) is 5.96. The van der Waals surface area contributed by atoms with E-state index in [1.807, 2.05) is 0 Å². The molecular weight excluding hydrogens is 258 g/mol. The lowest BCUT2D eigenvalue weighted by atomic mass is 10.3. The van der Waals surface area contributed by atoms with Crippen LogP contribution in [0, 0.1) is 0 Å². The van der Waals surface area contributed by atoms with Crippen LogP contribution in [0.1, 0.15) is 16.1 Å². The van der Waals surface area contributed by atoms with E-state index in [9.17, 15) is 4.79 Å². The number of aromatic carboxylic acids is 1. The molecule has 3 rings (SSSR count). The zero-order chi connectivity index (χ0) is 13.9. The number of hydrogen-bond acceptors (Lipinski definition) is 4. The number of aromatic nitrogens is 3. The molecule has 100 valence electrons. The molecular formula is C14H11N3O3. The van der Waals surface area contributed by atoms with E-state index in [4.69, 9.17) is 9.84 Å². The third-order valence-electron chi connectivity index (χ3n) is 2.85. The van der Waals surface area contributed by atoms with E-state index < -0.39 is 5.97 Å². The Morgan fingerprint density at radius 1 is 1.30 bits per heavy atom. The molecule has 6 nitrogen and oxygen atoms in total. The second kappa shape index (κ2) is 5.00. The van der Waals surface area contributed by atoms with Crippen molar-refractivity contribution in [1.29, 1.82) is 0 Å². The van der Waals surface area contributed by atoms with Gasteiger partial charge >= 0.3 is 5.97 Å². The van der Waals surface area contributed by atoms with E-state index in [2.05, 4.69) is 9.97 Å². The summed E-state index contributed by atoms with van der Waals surface area (Å²) in [6.45, 7) is 0.288. The molecule has 6 heteroatoms. The van der Waals surface area contributed by atoms with Crippen molar-refractivity contribution in [2.24, 2.45) is 0 Å². The molecule has 0 bridgehead atoms. The van der Waals surface area contributed by atoms with Gasteiger partial charge < -0.3 is 9.84 Å². The molecule has 0 aliphatic rings. The summed E-state index contributed by atoms with van der Waals surface area (Å²) in [6, 6.07) is 6.78. The Morgan fingerprint density at radius 3 is 2.95 bits per heavy atom. The van der Waals surface area contributed by atoms with Crippen LogP contribution in [-0.4, -0.2) is 25.4 Å². The number of carboxylic acids is 1. The maximum absolute atomic E-state index is 11.0. The number of nitrogens with zero attached hydrogens (tertiary/aromatic N) is 3. The number of hydrogen-bond donors (Lipinski definition) is 1. The molecule has 0 fully saturated rings. The van der Waals surface area contributed by atoms with Gasteiger partial charge in [-0.3, -0.25) is 9.38 Å². The van der Waals surface area contributed by atoms with Gasteiger partial charge in [-0.25, -0.2) is 9.78 Å². The fraction of sp³-hybridized carbons (Fsp3) is 0.0714. The highest BCUT2D eigenvalue weighted by Crippen LogP contribution is 2.13. The minimum Gasteiger partial charge on any atom is -0.486 e. The zero-order valence-corrected chi connectivity index (χ0v) is 10.4. The highest BCUT2D eigenvalue weighted by molar-refractivity contribution is 5.87. The summed E-state index contributed by atoms with van der Waals surface area (Å²) >= 11 is 0. The predicted octanol–water partition coefficient (Wildman–Crippen LogP) is 2.01. The highest BCUT2D eigenvalue weighted by atomic mass is 16.5. The summed E-state index contributed by atoms with van der Waals surface area (Å²) in [4.78, 5) is 19.1. The van der Waals surface area contributed by atoms with Gasteiger partial charge in [0, 0.05) is 12.4 Å². The molecule has 0 saturated carbocycles. The quantitative estimate of drug-likeness (QED) is 0.784. The largest absolute Gasteiger partial charge is 0.486 e. The van der Waals surface area contributed by atoms with Crippen LogP contribution in [0.4, 0.5) is 0 Å². The fourth-order valence-electron chi connectivity index (χ4n) is 1.85. The number of fused-ring (bicyclic) bond motifs is 1. The van der Waals surface area contributed by atoms with E-state index in [1.54, 1.807) is 41.2 Å². The Kier molecular flexibility index (Phi) is 3.04. The van der Waals surface area contributed by atoms with Crippen LogP contribution in [0.25, 0.3) is 5.65 Å². The van der Waals surface area contributed by atoms with Crippen molar-refractivity contribution in [2.45, 2.75) is 6.61 Å². The van der Waals surface area contributed by atoms with Crippen LogP contribution in [0.5, 0.6) is 5.75 Å². The zero-order valence-electron chi connectivity index (χ0n) is 10.4. The summed E-state index contributed by atoms with van der Waals surface area (Å²) in [5, 5.41) is 9.01. The molecule has 1 N–H and O–H groups in total. The Labute approximate surface area is 114 Å². The van der Waals surface area contributed by atoms with Gasteiger partial charge in [-0.2, -0.15) is 0 Å². The van der Waals surface area contributed by atoms with Gasteiger partial charge in [-0.05, 0) is 24.3 Å². The molecule has 3 aromatic heterocycles. The topological polar surface area (TPSA) is 76.7 Å². The van der Waals surface area contributed by atoms with Crippen molar-refractivity contribution >= 4 is 11.6 Å². The van der Waals surface area contributed by atoms with Gasteiger partial charge in [-0.1, -0.05) is 0 Å². The lowest BCUT2D eigenvalue weighted by Crippen LogP contribution is -2.03. The van der Waals surface area contributed by atoms with E-state index >= 15 is 0 Å². The van der Waals surface area contributed by atoms with Crippen molar-refractivity contribution in [2.75, 3.05) is 0 Å². The molecule has 0 aliphatic heterocycles. The number of rotatable bonds is 4. The Bertz CT molecular complexity index is 753. The molecule has 0 spiro atoms. The molecule has 0 aliphatic carbocycles. The molecule has 3 heterocycles. The van der Waals surface area contributed by atoms with Gasteiger partial charge in [0.15, 0.2) is 0 Å². The Hall–Kier alpha value is -2.89. The summed E-state index contributed by atoms with van der Waals surface area (Å²) in [7, 11) is 0. The summed E-state index contributed by atoms with van der Waals surface area (Å²) < 4.78 is 7.30. The first kappa shape index (κ1) is 12.2. The number of imidazole rings is 1. The molecule has 0 amide bonds. The molecule has 0 saturated heterocycles. The highest BCUT2D eigenvalue weighted by Gasteiger charge is 2.08. The first-order valence-electron chi connectivity index (χ1n) is 5.96. The molecule has 0 unspecified atom stereocenters. The maximum atomic E-state index is 11.0. The molecule has 0 aromatic carbocycles. The molecule has 0 radical (unpaired) electrons. The minimum atomic E-state index is -0.972. The van der Waals surface area contributed by atoms with Gasteiger partial charge in [0.1, 0.15) is 18.0 Å². The van der Waals surface area contributed by atoms with Crippen LogP contribution in [-0.2, 0) is 6.61 Å². The minimum absolute atomic E-state index is 0.207. The summed E-state index contributed by atoms with van der Waals surface area (Å²) in [5.74, 6) is -0.323. The van der Waals surface area contributed by atoms with Crippen molar-refractivity contribution in [3.8, 4) is 5.75 Å². The molecule has 20 heavy (non-hydrogen) atoms. The monoisotopic (exact) mass is 269 g/mol. The number of carbonyl (C=O) groups is 1. The van der Waals surface area contributed by atoms with Crippen molar-refractivity contribution < 1.29 is 14.6 Å². The lowest BCUT2D eigenvalue weighted by Gasteiger charge is -2.05. The normalized spacial score (nSPS) is 10.6. The molecule has 3 aromatic rings. The smallest absolute Gasteiger partial charge is 0.337 e. The van der Waals surface area contributed by atoms with E-state index in [0.717, 1.165) is 5.69 Å². The number of carboxylic acid groups (broad SMARTS) is 1. The summed E-state index contributed by atoms with van der Waals surface area (Å²) in [5.41, 5.74) is 1.66. The third-order valence-corrected chi connectivity index (χ3v) is 2.85.